The number of phenolic OH excluding ortho intramolecular Hbond substituents is 1. The van der Waals surface area contributed by atoms with Crippen LogP contribution < -0.4 is 10.6 Å². The first-order valence-electron chi connectivity index (χ1n) is 5.52. The van der Waals surface area contributed by atoms with Crippen molar-refractivity contribution in [1.29, 1.82) is 0 Å². The summed E-state index contributed by atoms with van der Waals surface area (Å²) in [7, 11) is 0. The predicted molar refractivity (Wildman–Crippen MR) is 61.4 cm³/mol. The lowest BCUT2D eigenvalue weighted by Gasteiger charge is -2.24. The van der Waals surface area contributed by atoms with E-state index >= 15 is 0 Å². The maximum absolute atomic E-state index is 12.8. The molecule has 1 fully saturated rings. The fourth-order valence-corrected chi connectivity index (χ4v) is 1.96. The van der Waals surface area contributed by atoms with Crippen molar-refractivity contribution in [3.63, 3.8) is 0 Å². The molecule has 0 saturated carbocycles. The van der Waals surface area contributed by atoms with Gasteiger partial charge in [0.05, 0.1) is 11.1 Å². The van der Waals surface area contributed by atoms with Gasteiger partial charge in [-0.05, 0) is 32.0 Å². The van der Waals surface area contributed by atoms with Crippen molar-refractivity contribution in [3.05, 3.63) is 29.6 Å². The van der Waals surface area contributed by atoms with E-state index in [1.807, 2.05) is 6.92 Å². The minimum Gasteiger partial charge on any atom is -0.507 e. The Morgan fingerprint density at radius 1 is 1.59 bits per heavy atom. The molecule has 0 radical (unpaired) electrons. The van der Waals surface area contributed by atoms with Crippen molar-refractivity contribution < 1.29 is 14.3 Å². The fraction of sp³-hybridized carbons (Fsp3) is 0.417. The van der Waals surface area contributed by atoms with Gasteiger partial charge in [-0.2, -0.15) is 0 Å². The summed E-state index contributed by atoms with van der Waals surface area (Å²) in [6.45, 7) is 3.48. The Morgan fingerprint density at radius 2 is 2.35 bits per heavy atom. The second kappa shape index (κ2) is 4.33. The Kier molecular flexibility index (Phi) is 3.02. The summed E-state index contributed by atoms with van der Waals surface area (Å²) >= 11 is 0. The molecule has 0 aromatic heterocycles. The smallest absolute Gasteiger partial charge is 0.255 e. The third-order valence-electron chi connectivity index (χ3n) is 2.99. The molecule has 5 heteroatoms. The van der Waals surface area contributed by atoms with E-state index in [0.29, 0.717) is 6.54 Å². The number of aromatic hydroxyl groups is 1. The van der Waals surface area contributed by atoms with Gasteiger partial charge in [-0.3, -0.25) is 4.79 Å². The maximum Gasteiger partial charge on any atom is 0.255 e. The Hall–Kier alpha value is -1.62. The minimum atomic E-state index is -0.562. The van der Waals surface area contributed by atoms with Crippen LogP contribution in [0.2, 0.25) is 0 Å². The molecular weight excluding hydrogens is 223 g/mol. The largest absolute Gasteiger partial charge is 0.507 e. The number of carbonyl (C=O) groups excluding carboxylic acids is 1. The lowest BCUT2D eigenvalue weighted by molar-refractivity contribution is 0.0910. The molecule has 1 atom stereocenters. The zero-order chi connectivity index (χ0) is 12.5. The van der Waals surface area contributed by atoms with E-state index in [-0.39, 0.29) is 22.8 Å². The zero-order valence-electron chi connectivity index (χ0n) is 9.59. The molecule has 1 saturated heterocycles. The number of nitrogens with one attached hydrogen (secondary N) is 2. The molecule has 1 heterocycles. The third-order valence-corrected chi connectivity index (χ3v) is 2.99. The van der Waals surface area contributed by atoms with E-state index in [0.717, 1.165) is 25.1 Å². The Morgan fingerprint density at radius 3 is 2.94 bits per heavy atom. The summed E-state index contributed by atoms with van der Waals surface area (Å²) in [6, 6.07) is 3.37. The molecule has 2 rings (SSSR count). The van der Waals surface area contributed by atoms with E-state index in [4.69, 9.17) is 0 Å². The van der Waals surface area contributed by atoms with Crippen molar-refractivity contribution in [2.75, 3.05) is 13.1 Å². The van der Waals surface area contributed by atoms with Crippen LogP contribution in [0.15, 0.2) is 18.2 Å². The van der Waals surface area contributed by atoms with Crippen molar-refractivity contribution >= 4 is 5.91 Å². The topological polar surface area (TPSA) is 61.4 Å². The van der Waals surface area contributed by atoms with E-state index < -0.39 is 5.82 Å². The molecule has 0 bridgehead atoms. The van der Waals surface area contributed by atoms with Gasteiger partial charge >= 0.3 is 0 Å². The predicted octanol–water partition coefficient (Wildman–Crippen LogP) is 1.01. The Bertz CT molecular complexity index is 442. The van der Waals surface area contributed by atoms with Gasteiger partial charge in [0.2, 0.25) is 0 Å². The number of hydrogen-bond donors (Lipinski definition) is 3. The molecule has 3 N–H and O–H groups in total. The summed E-state index contributed by atoms with van der Waals surface area (Å²) in [5.41, 5.74) is -0.211. The summed E-state index contributed by atoms with van der Waals surface area (Å²) in [5.74, 6) is -1.28. The lowest BCUT2D eigenvalue weighted by atomic mass is 10.0. The number of phenols is 1. The molecule has 1 aromatic carbocycles. The zero-order valence-corrected chi connectivity index (χ0v) is 9.59. The second-order valence-electron chi connectivity index (χ2n) is 4.60. The number of benzene rings is 1. The monoisotopic (exact) mass is 238 g/mol. The van der Waals surface area contributed by atoms with Crippen molar-refractivity contribution in [3.8, 4) is 5.75 Å². The molecule has 1 aliphatic rings. The highest BCUT2D eigenvalue weighted by Crippen LogP contribution is 2.20. The molecule has 1 aromatic rings. The van der Waals surface area contributed by atoms with Gasteiger partial charge in [0.15, 0.2) is 0 Å². The van der Waals surface area contributed by atoms with Gasteiger partial charge in [-0.15, -0.1) is 0 Å². The van der Waals surface area contributed by atoms with Crippen molar-refractivity contribution in [2.45, 2.75) is 18.9 Å². The quantitative estimate of drug-likeness (QED) is 0.720. The van der Waals surface area contributed by atoms with Crippen LogP contribution in [-0.4, -0.2) is 29.6 Å². The fourth-order valence-electron chi connectivity index (χ4n) is 1.96. The molecule has 92 valence electrons. The van der Waals surface area contributed by atoms with Crippen molar-refractivity contribution in [1.82, 2.24) is 10.6 Å². The average Bonchev–Trinajstić information content (AvgIpc) is 2.64. The minimum absolute atomic E-state index is 0.0968. The average molecular weight is 238 g/mol. The van der Waals surface area contributed by atoms with Crippen LogP contribution in [-0.2, 0) is 0 Å². The van der Waals surface area contributed by atoms with Gasteiger partial charge < -0.3 is 15.7 Å². The SMILES string of the molecule is CC1(NC(=O)c2ccc(F)cc2O)CCNC1. The van der Waals surface area contributed by atoms with Gasteiger partial charge in [-0.1, -0.05) is 0 Å². The Labute approximate surface area is 98.8 Å². The van der Waals surface area contributed by atoms with E-state index in [2.05, 4.69) is 10.6 Å². The van der Waals surface area contributed by atoms with Crippen LogP contribution in [0, 0.1) is 5.82 Å². The normalized spacial score (nSPS) is 23.6. The molecule has 1 aliphatic heterocycles. The molecular formula is C12H15FN2O2. The first-order valence-corrected chi connectivity index (χ1v) is 5.52. The number of carbonyl (C=O) groups is 1. The van der Waals surface area contributed by atoms with Crippen molar-refractivity contribution in [2.24, 2.45) is 0 Å². The third kappa shape index (κ3) is 2.55. The van der Waals surface area contributed by atoms with Crippen LogP contribution >= 0.6 is 0 Å². The van der Waals surface area contributed by atoms with E-state index in [9.17, 15) is 14.3 Å². The van der Waals surface area contributed by atoms with Gasteiger partial charge in [0.25, 0.3) is 5.91 Å². The summed E-state index contributed by atoms with van der Waals surface area (Å²) in [5, 5.41) is 15.5. The molecule has 17 heavy (non-hydrogen) atoms. The summed E-state index contributed by atoms with van der Waals surface area (Å²) in [6.07, 6.45) is 0.834. The van der Waals surface area contributed by atoms with E-state index in [1.54, 1.807) is 0 Å². The van der Waals surface area contributed by atoms with Crippen LogP contribution in [0.25, 0.3) is 0 Å². The molecule has 1 unspecified atom stereocenters. The molecule has 4 nitrogen and oxygen atoms in total. The van der Waals surface area contributed by atoms with Crippen LogP contribution in [0.1, 0.15) is 23.7 Å². The van der Waals surface area contributed by atoms with Crippen LogP contribution in [0.5, 0.6) is 5.75 Å². The summed E-state index contributed by atoms with van der Waals surface area (Å²) < 4.78 is 12.8. The number of amides is 1. The molecule has 1 amide bonds. The highest BCUT2D eigenvalue weighted by atomic mass is 19.1. The molecule has 0 aliphatic carbocycles. The first-order chi connectivity index (χ1) is 8.00. The van der Waals surface area contributed by atoms with Gasteiger partial charge in [0, 0.05) is 12.6 Å². The van der Waals surface area contributed by atoms with Gasteiger partial charge in [0.1, 0.15) is 11.6 Å². The number of rotatable bonds is 2. The highest BCUT2D eigenvalue weighted by Gasteiger charge is 2.30. The summed E-state index contributed by atoms with van der Waals surface area (Å²) in [4.78, 5) is 11.9. The number of hydrogen-bond acceptors (Lipinski definition) is 3. The Balaban J connectivity index is 2.14. The lowest BCUT2D eigenvalue weighted by Crippen LogP contribution is -2.47. The molecule has 0 spiro atoms. The van der Waals surface area contributed by atoms with Crippen LogP contribution in [0.3, 0.4) is 0 Å². The maximum atomic E-state index is 12.8. The number of halogens is 1. The first kappa shape index (κ1) is 11.9. The van der Waals surface area contributed by atoms with E-state index in [1.165, 1.54) is 6.07 Å². The standard InChI is InChI=1S/C12H15FN2O2/c1-12(4-5-14-7-12)15-11(17)9-3-2-8(13)6-10(9)16/h2-3,6,14,16H,4-5,7H2,1H3,(H,15,17). The van der Waals surface area contributed by atoms with Gasteiger partial charge in [-0.25, -0.2) is 4.39 Å². The second-order valence-corrected chi connectivity index (χ2v) is 4.60. The van der Waals surface area contributed by atoms with Crippen LogP contribution in [0.4, 0.5) is 4.39 Å². The highest BCUT2D eigenvalue weighted by molar-refractivity contribution is 5.97.